The van der Waals surface area contributed by atoms with Crippen LogP contribution in [0.4, 0.5) is 20.2 Å². The van der Waals surface area contributed by atoms with Gasteiger partial charge < -0.3 is 5.32 Å². The SMILES string of the molecule is CCn1nccc1-c1ccccc1Nc1cc2ccc(F)c(F)c2nc1C. The van der Waals surface area contributed by atoms with Crippen molar-refractivity contribution in [3.8, 4) is 11.3 Å². The predicted molar refractivity (Wildman–Crippen MR) is 103 cm³/mol. The second-order valence-electron chi connectivity index (χ2n) is 6.26. The summed E-state index contributed by atoms with van der Waals surface area (Å²) in [5.74, 6) is -1.82. The largest absolute Gasteiger partial charge is 0.353 e. The van der Waals surface area contributed by atoms with Crippen LogP contribution in [0, 0.1) is 18.6 Å². The van der Waals surface area contributed by atoms with E-state index in [0.29, 0.717) is 11.1 Å². The van der Waals surface area contributed by atoms with E-state index < -0.39 is 11.6 Å². The highest BCUT2D eigenvalue weighted by molar-refractivity contribution is 5.86. The molecule has 0 bridgehead atoms. The van der Waals surface area contributed by atoms with E-state index in [-0.39, 0.29) is 5.52 Å². The molecule has 2 heterocycles. The van der Waals surface area contributed by atoms with Crippen molar-refractivity contribution in [3.05, 3.63) is 72.1 Å². The van der Waals surface area contributed by atoms with Gasteiger partial charge in [0.1, 0.15) is 5.52 Å². The summed E-state index contributed by atoms with van der Waals surface area (Å²) in [4.78, 5) is 4.26. The first-order valence-corrected chi connectivity index (χ1v) is 8.72. The molecule has 6 heteroatoms. The molecule has 0 amide bonds. The molecule has 0 radical (unpaired) electrons. The van der Waals surface area contributed by atoms with Crippen molar-refractivity contribution < 1.29 is 8.78 Å². The molecule has 0 saturated heterocycles. The number of hydrogen-bond acceptors (Lipinski definition) is 3. The number of fused-ring (bicyclic) bond motifs is 1. The van der Waals surface area contributed by atoms with Crippen LogP contribution in [-0.4, -0.2) is 14.8 Å². The highest BCUT2D eigenvalue weighted by atomic mass is 19.2. The number of aryl methyl sites for hydroxylation is 2. The summed E-state index contributed by atoms with van der Waals surface area (Å²) >= 11 is 0. The first-order chi connectivity index (χ1) is 13.1. The molecule has 4 rings (SSSR count). The Balaban J connectivity index is 1.80. The van der Waals surface area contributed by atoms with Gasteiger partial charge in [0.2, 0.25) is 0 Å². The number of nitrogens with zero attached hydrogens (tertiary/aromatic N) is 3. The standard InChI is InChI=1S/C21H18F2N4/c1-3-27-19(10-11-24-27)15-6-4-5-7-17(15)26-18-12-14-8-9-16(22)20(23)21(14)25-13(18)2/h4-12,26H,3H2,1-2H3. The molecule has 27 heavy (non-hydrogen) atoms. The quantitative estimate of drug-likeness (QED) is 0.524. The van der Waals surface area contributed by atoms with Crippen LogP contribution in [0.2, 0.25) is 0 Å². The minimum Gasteiger partial charge on any atom is -0.353 e. The summed E-state index contributed by atoms with van der Waals surface area (Å²) in [6, 6.07) is 14.3. The van der Waals surface area contributed by atoms with E-state index in [9.17, 15) is 8.78 Å². The van der Waals surface area contributed by atoms with Gasteiger partial charge >= 0.3 is 0 Å². The zero-order valence-electron chi connectivity index (χ0n) is 15.0. The molecule has 0 fully saturated rings. The number of rotatable bonds is 4. The van der Waals surface area contributed by atoms with Gasteiger partial charge in [-0.1, -0.05) is 18.2 Å². The highest BCUT2D eigenvalue weighted by Crippen LogP contribution is 2.32. The van der Waals surface area contributed by atoms with Gasteiger partial charge in [-0.05, 0) is 44.2 Å². The number of pyridine rings is 1. The van der Waals surface area contributed by atoms with Crippen LogP contribution in [0.1, 0.15) is 12.6 Å². The third-order valence-corrected chi connectivity index (χ3v) is 4.56. The van der Waals surface area contributed by atoms with Gasteiger partial charge in [0.15, 0.2) is 11.6 Å². The van der Waals surface area contributed by atoms with E-state index in [2.05, 4.69) is 15.4 Å². The molecule has 0 unspecified atom stereocenters. The molecule has 4 aromatic rings. The number of halogens is 2. The summed E-state index contributed by atoms with van der Waals surface area (Å²) in [5, 5.41) is 8.26. The van der Waals surface area contributed by atoms with Crippen molar-refractivity contribution in [2.45, 2.75) is 20.4 Å². The lowest BCUT2D eigenvalue weighted by atomic mass is 10.1. The number of anilines is 2. The Labute approximate surface area is 155 Å². The average Bonchev–Trinajstić information content (AvgIpc) is 3.15. The Morgan fingerprint density at radius 2 is 1.85 bits per heavy atom. The van der Waals surface area contributed by atoms with Gasteiger partial charge in [-0.15, -0.1) is 0 Å². The van der Waals surface area contributed by atoms with Crippen LogP contribution >= 0.6 is 0 Å². The lowest BCUT2D eigenvalue weighted by Gasteiger charge is -2.15. The molecule has 0 saturated carbocycles. The fourth-order valence-corrected chi connectivity index (χ4v) is 3.17. The summed E-state index contributed by atoms with van der Waals surface area (Å²) in [6.45, 7) is 4.57. The van der Waals surface area contributed by atoms with E-state index in [1.54, 1.807) is 19.2 Å². The molecule has 0 aliphatic carbocycles. The minimum absolute atomic E-state index is 0.0374. The molecule has 136 valence electrons. The molecule has 4 nitrogen and oxygen atoms in total. The maximum atomic E-state index is 14.0. The van der Waals surface area contributed by atoms with Gasteiger partial charge in [-0.2, -0.15) is 5.10 Å². The Morgan fingerprint density at radius 1 is 1.04 bits per heavy atom. The molecule has 0 atom stereocenters. The molecule has 1 N–H and O–H groups in total. The number of benzene rings is 2. The monoisotopic (exact) mass is 364 g/mol. The van der Waals surface area contributed by atoms with Crippen LogP contribution in [0.3, 0.4) is 0 Å². The van der Waals surface area contributed by atoms with Gasteiger partial charge in [0, 0.05) is 29.4 Å². The summed E-state index contributed by atoms with van der Waals surface area (Å²) < 4.78 is 29.4. The van der Waals surface area contributed by atoms with Gasteiger partial charge in [-0.25, -0.2) is 13.8 Å². The minimum atomic E-state index is -0.922. The van der Waals surface area contributed by atoms with Crippen LogP contribution in [-0.2, 0) is 6.54 Å². The van der Waals surface area contributed by atoms with Gasteiger partial charge in [0.05, 0.1) is 17.1 Å². The average molecular weight is 364 g/mol. The third-order valence-electron chi connectivity index (χ3n) is 4.56. The summed E-state index contributed by atoms with van der Waals surface area (Å²) in [7, 11) is 0. The molecule has 2 aromatic heterocycles. The van der Waals surface area contributed by atoms with Crippen molar-refractivity contribution >= 4 is 22.3 Å². The zero-order valence-corrected chi connectivity index (χ0v) is 15.0. The Kier molecular flexibility index (Phi) is 4.32. The second kappa shape index (κ2) is 6.79. The zero-order chi connectivity index (χ0) is 19.0. The smallest absolute Gasteiger partial charge is 0.184 e. The van der Waals surface area contributed by atoms with Crippen LogP contribution in [0.25, 0.3) is 22.2 Å². The molecule has 2 aromatic carbocycles. The second-order valence-corrected chi connectivity index (χ2v) is 6.26. The van der Waals surface area contributed by atoms with E-state index in [1.807, 2.05) is 41.9 Å². The van der Waals surface area contributed by atoms with E-state index in [1.165, 1.54) is 6.07 Å². The fraction of sp³-hybridized carbons (Fsp3) is 0.143. The predicted octanol–water partition coefficient (Wildman–Crippen LogP) is 5.45. The lowest BCUT2D eigenvalue weighted by Crippen LogP contribution is -2.02. The molecular weight excluding hydrogens is 346 g/mol. The Morgan fingerprint density at radius 3 is 2.67 bits per heavy atom. The van der Waals surface area contributed by atoms with Crippen molar-refractivity contribution in [3.63, 3.8) is 0 Å². The van der Waals surface area contributed by atoms with E-state index >= 15 is 0 Å². The van der Waals surface area contributed by atoms with Crippen LogP contribution in [0.15, 0.2) is 54.7 Å². The summed E-state index contributed by atoms with van der Waals surface area (Å²) in [5.41, 5.74) is 4.26. The van der Waals surface area contributed by atoms with Gasteiger partial charge in [-0.3, -0.25) is 4.68 Å². The Hall–Kier alpha value is -3.28. The molecule has 0 spiro atoms. The van der Waals surface area contributed by atoms with E-state index in [4.69, 9.17) is 0 Å². The van der Waals surface area contributed by atoms with Crippen molar-refractivity contribution in [1.82, 2.24) is 14.8 Å². The normalized spacial score (nSPS) is 11.1. The van der Waals surface area contributed by atoms with Crippen LogP contribution < -0.4 is 5.32 Å². The van der Waals surface area contributed by atoms with E-state index in [0.717, 1.165) is 35.2 Å². The topological polar surface area (TPSA) is 42.7 Å². The van der Waals surface area contributed by atoms with Crippen molar-refractivity contribution in [1.29, 1.82) is 0 Å². The van der Waals surface area contributed by atoms with Crippen LogP contribution in [0.5, 0.6) is 0 Å². The third kappa shape index (κ3) is 3.03. The molecule has 0 aliphatic rings. The van der Waals surface area contributed by atoms with Gasteiger partial charge in [0.25, 0.3) is 0 Å². The number of para-hydroxylation sites is 1. The molecular formula is C21H18F2N4. The Bertz CT molecular complexity index is 1130. The lowest BCUT2D eigenvalue weighted by molar-refractivity contribution is 0.515. The first kappa shape index (κ1) is 17.1. The number of hydrogen-bond donors (Lipinski definition) is 1. The van der Waals surface area contributed by atoms with Crippen molar-refractivity contribution in [2.75, 3.05) is 5.32 Å². The summed E-state index contributed by atoms with van der Waals surface area (Å²) in [6.07, 6.45) is 1.77. The number of nitrogens with one attached hydrogen (secondary N) is 1. The highest BCUT2D eigenvalue weighted by Gasteiger charge is 2.14. The van der Waals surface area contributed by atoms with Crippen molar-refractivity contribution in [2.24, 2.45) is 0 Å². The first-order valence-electron chi connectivity index (χ1n) is 8.72. The maximum Gasteiger partial charge on any atom is 0.184 e. The number of aromatic nitrogens is 3. The molecule has 0 aliphatic heterocycles. The maximum absolute atomic E-state index is 14.0. The fourth-order valence-electron chi connectivity index (χ4n) is 3.17.